The Hall–Kier alpha value is -2.31. The van der Waals surface area contributed by atoms with Gasteiger partial charge in [-0.25, -0.2) is 13.1 Å². The molecule has 2 heterocycles. The predicted molar refractivity (Wildman–Crippen MR) is 87.7 cm³/mol. The van der Waals surface area contributed by atoms with Gasteiger partial charge in [-0.1, -0.05) is 29.8 Å². The summed E-state index contributed by atoms with van der Waals surface area (Å²) in [4.78, 5) is 12.9. The van der Waals surface area contributed by atoms with Crippen LogP contribution in [-0.2, 0) is 15.6 Å². The fraction of sp³-hybridized carbons (Fsp3) is 0.0625. The highest BCUT2D eigenvalue weighted by Crippen LogP contribution is 2.35. The minimum Gasteiger partial charge on any atom is -0.290 e. The van der Waals surface area contributed by atoms with Crippen molar-refractivity contribution in [3.63, 3.8) is 0 Å². The second-order valence-electron chi connectivity index (χ2n) is 5.34. The maximum absolute atomic E-state index is 12.6. The fourth-order valence-electron chi connectivity index (χ4n) is 2.81. The molecule has 4 rings (SSSR count). The predicted octanol–water partition coefficient (Wildman–Crippen LogP) is 2.77. The number of H-pyrrole nitrogens is 1. The summed E-state index contributed by atoms with van der Waals surface area (Å²) >= 11 is 5.87. The van der Waals surface area contributed by atoms with Crippen molar-refractivity contribution in [2.45, 2.75) is 10.6 Å². The van der Waals surface area contributed by atoms with Gasteiger partial charge >= 0.3 is 0 Å². The Balaban J connectivity index is 2.00. The van der Waals surface area contributed by atoms with E-state index in [1.165, 1.54) is 4.68 Å². The van der Waals surface area contributed by atoms with Gasteiger partial charge in [0.1, 0.15) is 0 Å². The van der Waals surface area contributed by atoms with E-state index in [1.807, 2.05) is 0 Å². The molecule has 0 spiro atoms. The first-order valence-corrected chi connectivity index (χ1v) is 8.92. The third-order valence-corrected chi connectivity index (χ3v) is 5.84. The van der Waals surface area contributed by atoms with Gasteiger partial charge in [0.15, 0.2) is 9.84 Å². The van der Waals surface area contributed by atoms with E-state index in [9.17, 15) is 13.2 Å². The van der Waals surface area contributed by atoms with Crippen molar-refractivity contribution in [2.24, 2.45) is 0 Å². The van der Waals surface area contributed by atoms with Gasteiger partial charge in [0, 0.05) is 10.6 Å². The molecule has 0 radical (unpaired) electrons. The summed E-state index contributed by atoms with van der Waals surface area (Å²) in [6.07, 6.45) is 0. The van der Waals surface area contributed by atoms with Gasteiger partial charge in [-0.3, -0.25) is 9.89 Å². The van der Waals surface area contributed by atoms with Crippen LogP contribution in [0.25, 0.3) is 16.9 Å². The number of sulfone groups is 1. The molecule has 0 fully saturated rings. The second-order valence-corrected chi connectivity index (χ2v) is 7.73. The number of aromatic amines is 1. The first-order chi connectivity index (χ1) is 11.0. The fourth-order valence-corrected chi connectivity index (χ4v) is 4.53. The van der Waals surface area contributed by atoms with Crippen LogP contribution in [-0.4, -0.2) is 18.2 Å². The molecule has 0 saturated heterocycles. The highest BCUT2D eigenvalue weighted by Gasteiger charge is 2.32. The molecular formula is C16H11ClN2O3S. The summed E-state index contributed by atoms with van der Waals surface area (Å²) in [5, 5.41) is 3.59. The highest BCUT2D eigenvalue weighted by molar-refractivity contribution is 7.90. The van der Waals surface area contributed by atoms with Gasteiger partial charge in [-0.05, 0) is 30.3 Å². The lowest BCUT2D eigenvalue weighted by atomic mass is 10.1. The minimum atomic E-state index is -3.51. The molecule has 1 aliphatic heterocycles. The lowest BCUT2D eigenvalue weighted by Gasteiger charge is -2.14. The second kappa shape index (κ2) is 4.84. The molecule has 0 bridgehead atoms. The topological polar surface area (TPSA) is 71.9 Å². The van der Waals surface area contributed by atoms with Crippen LogP contribution in [0, 0.1) is 0 Å². The van der Waals surface area contributed by atoms with Gasteiger partial charge in [-0.15, -0.1) is 0 Å². The number of hydrogen-bond acceptors (Lipinski definition) is 3. The van der Waals surface area contributed by atoms with E-state index in [1.54, 1.807) is 48.5 Å². The smallest absolute Gasteiger partial charge is 0.276 e. The van der Waals surface area contributed by atoms with E-state index < -0.39 is 9.84 Å². The van der Waals surface area contributed by atoms with Gasteiger partial charge in [0.2, 0.25) is 0 Å². The average Bonchev–Trinajstić information content (AvgIpc) is 2.85. The third-order valence-electron chi connectivity index (χ3n) is 3.90. The molecule has 3 aromatic rings. The van der Waals surface area contributed by atoms with Crippen molar-refractivity contribution in [3.05, 3.63) is 69.5 Å². The Morgan fingerprint density at radius 2 is 1.74 bits per heavy atom. The van der Waals surface area contributed by atoms with E-state index in [2.05, 4.69) is 5.10 Å². The quantitative estimate of drug-likeness (QED) is 0.736. The number of nitrogens with one attached hydrogen (secondary N) is 1. The molecule has 1 N–H and O–H groups in total. The number of benzene rings is 2. The number of halogens is 1. The minimum absolute atomic E-state index is 0.247. The summed E-state index contributed by atoms with van der Waals surface area (Å²) in [6, 6.07) is 13.4. The number of hydrogen-bond donors (Lipinski definition) is 1. The zero-order valence-electron chi connectivity index (χ0n) is 11.8. The van der Waals surface area contributed by atoms with Crippen molar-refractivity contribution in [3.8, 4) is 16.9 Å². The normalized spacial score (nSPS) is 15.0. The number of nitrogens with zero attached hydrogens (tertiary/aromatic N) is 1. The van der Waals surface area contributed by atoms with Gasteiger partial charge in [0.25, 0.3) is 5.56 Å². The first kappa shape index (κ1) is 14.3. The van der Waals surface area contributed by atoms with Crippen molar-refractivity contribution in [1.82, 2.24) is 9.78 Å². The standard InChI is InChI=1S/C16H11ClN2O3S/c17-10-5-7-11(8-6-10)19-16(20)13-9-23(21,22)14-4-2-1-3-12(14)15(13)18-19/h1-8,18H,9H2. The average molecular weight is 347 g/mol. The molecule has 23 heavy (non-hydrogen) atoms. The monoisotopic (exact) mass is 346 g/mol. The van der Waals surface area contributed by atoms with Crippen LogP contribution in [0.1, 0.15) is 5.56 Å². The number of aromatic nitrogens is 2. The van der Waals surface area contributed by atoms with Crippen LogP contribution >= 0.6 is 11.6 Å². The van der Waals surface area contributed by atoms with Crippen LogP contribution in [0.4, 0.5) is 0 Å². The Morgan fingerprint density at radius 3 is 2.48 bits per heavy atom. The molecule has 1 aromatic heterocycles. The molecule has 0 unspecified atom stereocenters. The van der Waals surface area contributed by atoms with Crippen molar-refractivity contribution < 1.29 is 8.42 Å². The molecule has 0 amide bonds. The third kappa shape index (κ3) is 2.14. The first-order valence-electron chi connectivity index (χ1n) is 6.89. The Morgan fingerprint density at radius 1 is 1.04 bits per heavy atom. The molecule has 1 aliphatic rings. The van der Waals surface area contributed by atoms with Crippen LogP contribution in [0.2, 0.25) is 5.02 Å². The zero-order chi connectivity index (χ0) is 16.2. The highest BCUT2D eigenvalue weighted by atomic mass is 35.5. The zero-order valence-corrected chi connectivity index (χ0v) is 13.4. The molecular weight excluding hydrogens is 336 g/mol. The maximum atomic E-state index is 12.6. The summed E-state index contributed by atoms with van der Waals surface area (Å²) in [6.45, 7) is 0. The van der Waals surface area contributed by atoms with Gasteiger partial charge in [0.05, 0.1) is 27.6 Å². The van der Waals surface area contributed by atoms with Gasteiger partial charge in [-0.2, -0.15) is 0 Å². The number of fused-ring (bicyclic) bond motifs is 3. The lowest BCUT2D eigenvalue weighted by molar-refractivity contribution is 0.594. The molecule has 0 atom stereocenters. The van der Waals surface area contributed by atoms with E-state index in [-0.39, 0.29) is 21.8 Å². The summed E-state index contributed by atoms with van der Waals surface area (Å²) in [5.41, 5.74) is 1.58. The Labute approximate surface area is 137 Å². The largest absolute Gasteiger partial charge is 0.290 e. The molecule has 0 saturated carbocycles. The lowest BCUT2D eigenvalue weighted by Crippen LogP contribution is -2.21. The molecule has 5 nitrogen and oxygen atoms in total. The Kier molecular flexibility index (Phi) is 3.01. The molecule has 2 aromatic carbocycles. The summed E-state index contributed by atoms with van der Waals surface area (Å²) in [7, 11) is -3.51. The molecule has 116 valence electrons. The Bertz CT molecular complexity index is 1080. The van der Waals surface area contributed by atoms with E-state index in [0.717, 1.165) is 0 Å². The SMILES string of the molecule is O=c1c2c([nH]n1-c1ccc(Cl)cc1)-c1ccccc1S(=O)(=O)C2. The van der Waals surface area contributed by atoms with Crippen LogP contribution in [0.15, 0.2) is 58.2 Å². The van der Waals surface area contributed by atoms with Crippen LogP contribution in [0.3, 0.4) is 0 Å². The van der Waals surface area contributed by atoms with E-state index in [0.29, 0.717) is 22.0 Å². The van der Waals surface area contributed by atoms with E-state index >= 15 is 0 Å². The van der Waals surface area contributed by atoms with Crippen LogP contribution < -0.4 is 5.56 Å². The van der Waals surface area contributed by atoms with E-state index in [4.69, 9.17) is 11.6 Å². The van der Waals surface area contributed by atoms with Gasteiger partial charge < -0.3 is 0 Å². The molecule has 7 heteroatoms. The van der Waals surface area contributed by atoms with Crippen molar-refractivity contribution in [2.75, 3.05) is 0 Å². The van der Waals surface area contributed by atoms with Crippen LogP contribution in [0.5, 0.6) is 0 Å². The summed E-state index contributed by atoms with van der Waals surface area (Å²) in [5.74, 6) is -0.296. The molecule has 0 aliphatic carbocycles. The van der Waals surface area contributed by atoms with Crippen molar-refractivity contribution in [1.29, 1.82) is 0 Å². The number of rotatable bonds is 1. The summed E-state index contributed by atoms with van der Waals surface area (Å²) < 4.78 is 26.1. The van der Waals surface area contributed by atoms with Crippen molar-refractivity contribution >= 4 is 21.4 Å². The maximum Gasteiger partial charge on any atom is 0.276 e.